The molecule has 2 amide bonds. The van der Waals surface area contributed by atoms with Gasteiger partial charge in [-0.2, -0.15) is 10.4 Å². The second-order valence-electron chi connectivity index (χ2n) is 9.22. The Labute approximate surface area is 223 Å². The molecule has 0 radical (unpaired) electrons. The van der Waals surface area contributed by atoms with E-state index >= 15 is 4.39 Å². The molecule has 4 aromatic rings. The summed E-state index contributed by atoms with van der Waals surface area (Å²) in [6.45, 7) is 4.61. The highest BCUT2D eigenvalue weighted by molar-refractivity contribution is 5.98. The van der Waals surface area contributed by atoms with Crippen LogP contribution in [0.3, 0.4) is 0 Å². The second kappa shape index (κ2) is 10.7. The Bertz CT molecular complexity index is 1640. The van der Waals surface area contributed by atoms with Crippen LogP contribution in [-0.2, 0) is 11.3 Å². The summed E-state index contributed by atoms with van der Waals surface area (Å²) in [6, 6.07) is 12.7. The van der Waals surface area contributed by atoms with Gasteiger partial charge in [-0.05, 0) is 43.2 Å². The van der Waals surface area contributed by atoms with Gasteiger partial charge < -0.3 is 16.0 Å². The molecule has 11 heteroatoms. The zero-order chi connectivity index (χ0) is 27.5. The highest BCUT2D eigenvalue weighted by Crippen LogP contribution is 2.34. The molecule has 0 spiro atoms. The summed E-state index contributed by atoms with van der Waals surface area (Å²) in [5.74, 6) is -0.876. The highest BCUT2D eigenvalue weighted by Gasteiger charge is 2.28. The number of likely N-dealkylation sites (tertiary alicyclic amines) is 1. The molecule has 1 unspecified atom stereocenters. The van der Waals surface area contributed by atoms with E-state index in [4.69, 9.17) is 16.1 Å². The molecule has 3 N–H and O–H groups in total. The van der Waals surface area contributed by atoms with Gasteiger partial charge in [0.25, 0.3) is 5.91 Å². The topological polar surface area (TPSA) is 143 Å². The number of amides is 2. The van der Waals surface area contributed by atoms with Crippen molar-refractivity contribution in [2.75, 3.05) is 18.8 Å². The van der Waals surface area contributed by atoms with Gasteiger partial charge in [0.05, 0.1) is 23.1 Å². The van der Waals surface area contributed by atoms with E-state index in [1.54, 1.807) is 39.9 Å². The SMILES string of the molecule is C=CC(=O)N1CCCC(n2nc(-c3ccc(CNC(=O)c4cccc(C#N)c4)c(F)c3)c3c(N)ncnc32)C1. The normalized spacial score (nSPS) is 15.1. The highest BCUT2D eigenvalue weighted by atomic mass is 19.1. The Kier molecular flexibility index (Phi) is 7.01. The molecule has 1 aliphatic heterocycles. The van der Waals surface area contributed by atoms with Crippen molar-refractivity contribution in [3.05, 3.63) is 84.0 Å². The second-order valence-corrected chi connectivity index (χ2v) is 9.22. The van der Waals surface area contributed by atoms with Gasteiger partial charge in [-0.1, -0.05) is 24.8 Å². The van der Waals surface area contributed by atoms with Gasteiger partial charge in [-0.25, -0.2) is 19.0 Å². The molecular formula is C28H25FN8O2. The molecule has 0 saturated carbocycles. The third-order valence-corrected chi connectivity index (χ3v) is 6.77. The minimum Gasteiger partial charge on any atom is -0.383 e. The van der Waals surface area contributed by atoms with Crippen LogP contribution in [0.1, 0.15) is 40.4 Å². The van der Waals surface area contributed by atoms with Gasteiger partial charge >= 0.3 is 0 Å². The maximum absolute atomic E-state index is 15.2. The third-order valence-electron chi connectivity index (χ3n) is 6.77. The Morgan fingerprint density at radius 1 is 1.26 bits per heavy atom. The van der Waals surface area contributed by atoms with Gasteiger partial charge in [0.1, 0.15) is 23.7 Å². The summed E-state index contributed by atoms with van der Waals surface area (Å²) in [6.07, 6.45) is 4.22. The molecule has 1 aliphatic rings. The largest absolute Gasteiger partial charge is 0.383 e. The van der Waals surface area contributed by atoms with E-state index in [9.17, 15) is 9.59 Å². The molecule has 196 valence electrons. The number of fused-ring (bicyclic) bond motifs is 1. The van der Waals surface area contributed by atoms with E-state index in [1.165, 1.54) is 24.5 Å². The Morgan fingerprint density at radius 2 is 2.10 bits per heavy atom. The fourth-order valence-corrected chi connectivity index (χ4v) is 4.78. The number of nitrogens with one attached hydrogen (secondary N) is 1. The summed E-state index contributed by atoms with van der Waals surface area (Å²) in [7, 11) is 0. The van der Waals surface area contributed by atoms with Crippen LogP contribution in [0.2, 0.25) is 0 Å². The molecule has 3 heterocycles. The number of benzene rings is 2. The maximum Gasteiger partial charge on any atom is 0.251 e. The number of halogens is 1. The molecule has 2 aromatic heterocycles. The number of nitrogen functional groups attached to an aromatic ring is 1. The van der Waals surface area contributed by atoms with Crippen LogP contribution in [0.25, 0.3) is 22.3 Å². The van der Waals surface area contributed by atoms with Crippen molar-refractivity contribution in [3.63, 3.8) is 0 Å². The minimum atomic E-state index is -0.530. The van der Waals surface area contributed by atoms with Crippen molar-refractivity contribution < 1.29 is 14.0 Å². The number of nitrogens with two attached hydrogens (primary N) is 1. The maximum atomic E-state index is 15.2. The third kappa shape index (κ3) is 5.04. The van der Waals surface area contributed by atoms with Crippen LogP contribution in [0.4, 0.5) is 10.2 Å². The lowest BCUT2D eigenvalue weighted by Gasteiger charge is -2.32. The smallest absolute Gasteiger partial charge is 0.251 e. The molecule has 39 heavy (non-hydrogen) atoms. The van der Waals surface area contributed by atoms with Crippen molar-refractivity contribution in [2.24, 2.45) is 0 Å². The molecule has 1 saturated heterocycles. The Hall–Kier alpha value is -5.11. The first-order valence-electron chi connectivity index (χ1n) is 12.4. The van der Waals surface area contributed by atoms with E-state index in [-0.39, 0.29) is 29.9 Å². The zero-order valence-corrected chi connectivity index (χ0v) is 21.0. The number of hydrogen-bond donors (Lipinski definition) is 2. The van der Waals surface area contributed by atoms with E-state index in [1.807, 2.05) is 6.07 Å². The predicted molar refractivity (Wildman–Crippen MR) is 143 cm³/mol. The fraction of sp³-hybridized carbons (Fsp3) is 0.214. The number of carbonyl (C=O) groups is 2. The van der Waals surface area contributed by atoms with Crippen molar-refractivity contribution in [2.45, 2.75) is 25.4 Å². The number of aromatic nitrogens is 4. The van der Waals surface area contributed by atoms with Crippen LogP contribution in [0, 0.1) is 17.1 Å². The quantitative estimate of drug-likeness (QED) is 0.368. The minimum absolute atomic E-state index is 0.0442. The van der Waals surface area contributed by atoms with Gasteiger partial charge in [-0.15, -0.1) is 0 Å². The van der Waals surface area contributed by atoms with Crippen LogP contribution >= 0.6 is 0 Å². The van der Waals surface area contributed by atoms with Crippen molar-refractivity contribution in [3.8, 4) is 17.3 Å². The Balaban J connectivity index is 1.42. The zero-order valence-electron chi connectivity index (χ0n) is 21.0. The number of anilines is 1. The fourth-order valence-electron chi connectivity index (χ4n) is 4.78. The summed E-state index contributed by atoms with van der Waals surface area (Å²) < 4.78 is 16.9. The summed E-state index contributed by atoms with van der Waals surface area (Å²) >= 11 is 0. The monoisotopic (exact) mass is 524 g/mol. The molecule has 5 rings (SSSR count). The van der Waals surface area contributed by atoms with Crippen molar-refractivity contribution >= 4 is 28.7 Å². The van der Waals surface area contributed by atoms with Crippen LogP contribution in [0.15, 0.2) is 61.4 Å². The van der Waals surface area contributed by atoms with Gasteiger partial charge in [0, 0.05) is 36.3 Å². The first kappa shape index (κ1) is 25.5. The molecule has 0 aliphatic carbocycles. The van der Waals surface area contributed by atoms with Crippen molar-refractivity contribution in [1.29, 1.82) is 5.26 Å². The Morgan fingerprint density at radius 3 is 2.87 bits per heavy atom. The lowest BCUT2D eigenvalue weighted by Crippen LogP contribution is -2.40. The predicted octanol–water partition coefficient (Wildman–Crippen LogP) is 3.37. The lowest BCUT2D eigenvalue weighted by atomic mass is 10.1. The van der Waals surface area contributed by atoms with Crippen LogP contribution in [0.5, 0.6) is 0 Å². The molecule has 2 aromatic carbocycles. The molecule has 0 bridgehead atoms. The standard InChI is InChI=1S/C28H25FN8O2/c1-2-23(38)36-10-4-7-21(15-36)37-27-24(26(31)33-16-34-27)25(35-37)18-8-9-20(22(29)12-18)14-32-28(39)19-6-3-5-17(11-19)13-30/h2-3,5-6,8-9,11-12,16,21H,1,4,7,10,14-15H2,(H,32,39)(H2,31,33,34). The number of nitriles is 1. The number of rotatable bonds is 6. The van der Waals surface area contributed by atoms with Gasteiger partial charge in [0.2, 0.25) is 5.91 Å². The van der Waals surface area contributed by atoms with Crippen molar-refractivity contribution in [1.82, 2.24) is 30.0 Å². The number of hydrogen-bond acceptors (Lipinski definition) is 7. The number of nitrogens with zero attached hydrogens (tertiary/aromatic N) is 6. The summed E-state index contributed by atoms with van der Waals surface area (Å²) in [4.78, 5) is 34.9. The number of carbonyl (C=O) groups excluding carboxylic acids is 2. The first-order valence-corrected chi connectivity index (χ1v) is 12.4. The van der Waals surface area contributed by atoms with Gasteiger partial charge in [-0.3, -0.25) is 9.59 Å². The summed E-state index contributed by atoms with van der Waals surface area (Å²) in [5.41, 5.74) is 8.58. The van der Waals surface area contributed by atoms with E-state index in [0.717, 1.165) is 12.8 Å². The van der Waals surface area contributed by atoms with Crippen LogP contribution in [-0.4, -0.2) is 49.6 Å². The molecule has 1 fully saturated rings. The first-order chi connectivity index (χ1) is 18.9. The van der Waals surface area contributed by atoms with Gasteiger partial charge in [0.15, 0.2) is 5.65 Å². The van der Waals surface area contributed by atoms with E-state index in [2.05, 4.69) is 21.9 Å². The van der Waals surface area contributed by atoms with E-state index < -0.39 is 11.7 Å². The average Bonchev–Trinajstić information content (AvgIpc) is 3.37. The molecular weight excluding hydrogens is 499 g/mol. The molecule has 10 nitrogen and oxygen atoms in total. The number of piperidine rings is 1. The summed E-state index contributed by atoms with van der Waals surface area (Å²) in [5, 5.41) is 17.0. The average molecular weight is 525 g/mol. The van der Waals surface area contributed by atoms with Crippen LogP contribution < -0.4 is 11.1 Å². The van der Waals surface area contributed by atoms with E-state index in [0.29, 0.717) is 46.5 Å². The lowest BCUT2D eigenvalue weighted by molar-refractivity contribution is -0.127. The molecule has 1 atom stereocenters.